The van der Waals surface area contributed by atoms with Gasteiger partial charge in [0.05, 0.1) is 37.0 Å². The number of pyridine rings is 1. The molecular weight excluding hydrogens is 468 g/mol. The lowest BCUT2D eigenvalue weighted by Crippen LogP contribution is -2.34. The van der Waals surface area contributed by atoms with Crippen LogP contribution in [0, 0.1) is 24.5 Å². The monoisotopic (exact) mass is 499 g/mol. The quantitative estimate of drug-likeness (QED) is 0.412. The molecule has 3 heterocycles. The number of hydrogen-bond acceptors (Lipinski definition) is 8. The Hall–Kier alpha value is -3.53. The molecule has 1 aromatic carbocycles. The van der Waals surface area contributed by atoms with E-state index >= 15 is 0 Å². The van der Waals surface area contributed by atoms with Crippen LogP contribution in [0.2, 0.25) is 0 Å². The fourth-order valence-corrected chi connectivity index (χ4v) is 4.30. The molecule has 2 N–H and O–H groups in total. The molecule has 10 heteroatoms. The smallest absolute Gasteiger partial charge is 0.227 e. The molecule has 0 bridgehead atoms. The van der Waals surface area contributed by atoms with Gasteiger partial charge < -0.3 is 24.8 Å². The minimum atomic E-state index is -0.790. The average molecular weight is 500 g/mol. The first-order valence-electron chi connectivity index (χ1n) is 12.0. The van der Waals surface area contributed by atoms with Crippen LogP contribution in [0.5, 0.6) is 11.5 Å². The van der Waals surface area contributed by atoms with Gasteiger partial charge in [0.25, 0.3) is 0 Å². The van der Waals surface area contributed by atoms with Gasteiger partial charge in [0.1, 0.15) is 18.2 Å². The molecule has 0 saturated carbocycles. The molecule has 3 aromatic rings. The van der Waals surface area contributed by atoms with Crippen molar-refractivity contribution in [3.8, 4) is 11.5 Å². The van der Waals surface area contributed by atoms with E-state index in [2.05, 4.69) is 25.2 Å². The number of rotatable bonds is 10. The molecule has 36 heavy (non-hydrogen) atoms. The summed E-state index contributed by atoms with van der Waals surface area (Å²) in [6.07, 6.45) is 8.77. The number of aliphatic hydroxyl groups is 1. The molecule has 192 valence electrons. The lowest BCUT2D eigenvalue weighted by Gasteiger charge is -2.32. The summed E-state index contributed by atoms with van der Waals surface area (Å²) in [4.78, 5) is 15.3. The van der Waals surface area contributed by atoms with E-state index in [9.17, 15) is 8.78 Å². The number of aliphatic hydroxyl groups excluding tert-OH is 1. The fourth-order valence-electron chi connectivity index (χ4n) is 4.30. The number of benzene rings is 1. The van der Waals surface area contributed by atoms with Crippen LogP contribution >= 0.6 is 0 Å². The van der Waals surface area contributed by atoms with Crippen molar-refractivity contribution in [3.63, 3.8) is 0 Å². The third-order valence-corrected chi connectivity index (χ3v) is 6.38. The van der Waals surface area contributed by atoms with Crippen LogP contribution in [0.25, 0.3) is 0 Å². The van der Waals surface area contributed by atoms with Gasteiger partial charge in [-0.2, -0.15) is 0 Å². The highest BCUT2D eigenvalue weighted by Crippen LogP contribution is 2.28. The first-order chi connectivity index (χ1) is 17.5. The van der Waals surface area contributed by atoms with Crippen molar-refractivity contribution in [2.75, 3.05) is 37.0 Å². The van der Waals surface area contributed by atoms with E-state index in [-0.39, 0.29) is 35.8 Å². The molecule has 1 fully saturated rings. The molecule has 0 unspecified atom stereocenters. The van der Waals surface area contributed by atoms with E-state index in [1.54, 1.807) is 6.20 Å². The Kier molecular flexibility index (Phi) is 8.48. The number of aromatic nitrogens is 3. The van der Waals surface area contributed by atoms with Crippen molar-refractivity contribution in [2.45, 2.75) is 39.2 Å². The second kappa shape index (κ2) is 11.9. The first-order valence-corrected chi connectivity index (χ1v) is 12.0. The van der Waals surface area contributed by atoms with Gasteiger partial charge in [0.2, 0.25) is 5.95 Å². The van der Waals surface area contributed by atoms with E-state index in [0.29, 0.717) is 11.9 Å². The molecule has 0 radical (unpaired) electrons. The summed E-state index contributed by atoms with van der Waals surface area (Å²) in [6, 6.07) is 5.19. The van der Waals surface area contributed by atoms with Gasteiger partial charge in [-0.25, -0.2) is 23.7 Å². The Morgan fingerprint density at radius 3 is 2.47 bits per heavy atom. The number of methoxy groups -OCH3 is 1. The Morgan fingerprint density at radius 1 is 1.08 bits per heavy atom. The summed E-state index contributed by atoms with van der Waals surface area (Å²) in [5, 5.41) is 12.1. The van der Waals surface area contributed by atoms with Crippen molar-refractivity contribution in [1.29, 1.82) is 0 Å². The highest BCUT2D eigenvalue weighted by molar-refractivity contribution is 5.55. The largest absolute Gasteiger partial charge is 0.494 e. The fraction of sp³-hybridized carbons (Fsp3) is 0.423. The normalized spacial score (nSPS) is 14.1. The third kappa shape index (κ3) is 6.17. The molecule has 1 saturated heterocycles. The van der Waals surface area contributed by atoms with Gasteiger partial charge in [0, 0.05) is 19.7 Å². The molecule has 0 spiro atoms. The molecule has 8 nitrogen and oxygen atoms in total. The van der Waals surface area contributed by atoms with Crippen LogP contribution in [0.4, 0.5) is 26.2 Å². The molecule has 4 rings (SSSR count). The third-order valence-electron chi connectivity index (χ3n) is 6.38. The Balaban J connectivity index is 1.31. The summed E-state index contributed by atoms with van der Waals surface area (Å²) in [5.41, 5.74) is 0.792. The van der Waals surface area contributed by atoms with Gasteiger partial charge in [-0.05, 0) is 62.3 Å². The average Bonchev–Trinajstić information content (AvgIpc) is 2.91. The molecule has 1 aliphatic rings. The highest BCUT2D eigenvalue weighted by atomic mass is 19.1. The summed E-state index contributed by atoms with van der Waals surface area (Å²) in [7, 11) is 1.33. The standard InChI is InChI=1S/C26H31F2N5O3/c1-17-12-22(35-2)25(28)21(24(17)27)16-36-20-14-30-26(31-15-20)32-19-5-6-23(29-13-19)33-9-7-18(8-10-33)4-3-11-34/h5-6,12-15,18,34H,3-4,7-11,16H2,1-2H3,(H,30,31,32). The van der Waals surface area contributed by atoms with Crippen molar-refractivity contribution >= 4 is 17.5 Å². The predicted octanol–water partition coefficient (Wildman–Crippen LogP) is 4.78. The Bertz CT molecular complexity index is 1140. The number of halogens is 2. The topological polar surface area (TPSA) is 92.6 Å². The number of anilines is 3. The summed E-state index contributed by atoms with van der Waals surface area (Å²) in [5.74, 6) is 0.725. The zero-order valence-corrected chi connectivity index (χ0v) is 20.5. The summed E-state index contributed by atoms with van der Waals surface area (Å²) in [6.45, 7) is 3.40. The van der Waals surface area contributed by atoms with Crippen molar-refractivity contribution in [3.05, 3.63) is 59.6 Å². The van der Waals surface area contributed by atoms with Gasteiger partial charge in [-0.3, -0.25) is 0 Å². The van der Waals surface area contributed by atoms with Crippen LogP contribution in [0.1, 0.15) is 36.8 Å². The number of ether oxygens (including phenoxy) is 2. The maximum absolute atomic E-state index is 14.4. The summed E-state index contributed by atoms with van der Waals surface area (Å²) < 4.78 is 39.3. The second-order valence-corrected chi connectivity index (χ2v) is 8.86. The predicted molar refractivity (Wildman–Crippen MR) is 133 cm³/mol. The zero-order valence-electron chi connectivity index (χ0n) is 20.5. The van der Waals surface area contributed by atoms with Gasteiger partial charge >= 0.3 is 0 Å². The lowest BCUT2D eigenvalue weighted by molar-refractivity contribution is 0.261. The Labute approximate surface area is 209 Å². The van der Waals surface area contributed by atoms with Crippen molar-refractivity contribution in [1.82, 2.24) is 15.0 Å². The second-order valence-electron chi connectivity index (χ2n) is 8.86. The number of aryl methyl sites for hydroxylation is 1. The molecule has 0 aliphatic carbocycles. The number of nitrogens with zero attached hydrogens (tertiary/aromatic N) is 4. The van der Waals surface area contributed by atoms with E-state index in [4.69, 9.17) is 14.6 Å². The molecule has 2 aromatic heterocycles. The Morgan fingerprint density at radius 2 is 1.83 bits per heavy atom. The molecule has 0 atom stereocenters. The number of piperidine rings is 1. The molecule has 0 amide bonds. The van der Waals surface area contributed by atoms with Crippen LogP contribution in [-0.2, 0) is 6.61 Å². The zero-order chi connectivity index (χ0) is 25.5. The summed E-state index contributed by atoms with van der Waals surface area (Å²) >= 11 is 0. The van der Waals surface area contributed by atoms with E-state index in [1.807, 2.05) is 12.1 Å². The minimum Gasteiger partial charge on any atom is -0.494 e. The van der Waals surface area contributed by atoms with E-state index < -0.39 is 11.6 Å². The molecular formula is C26H31F2N5O3. The first kappa shape index (κ1) is 25.6. The highest BCUT2D eigenvalue weighted by Gasteiger charge is 2.20. The number of hydrogen-bond donors (Lipinski definition) is 2. The SMILES string of the molecule is COc1cc(C)c(F)c(COc2cnc(Nc3ccc(N4CCC(CCCO)CC4)nc3)nc2)c1F. The number of nitrogens with one attached hydrogen (secondary N) is 1. The maximum atomic E-state index is 14.4. The van der Waals surface area contributed by atoms with E-state index in [0.717, 1.165) is 50.3 Å². The van der Waals surface area contributed by atoms with Crippen LogP contribution in [-0.4, -0.2) is 46.9 Å². The van der Waals surface area contributed by atoms with Crippen LogP contribution in [0.15, 0.2) is 36.8 Å². The minimum absolute atomic E-state index is 0.0366. The van der Waals surface area contributed by atoms with Crippen LogP contribution < -0.4 is 19.7 Å². The van der Waals surface area contributed by atoms with Crippen molar-refractivity contribution in [2.24, 2.45) is 5.92 Å². The van der Waals surface area contributed by atoms with Gasteiger partial charge in [-0.1, -0.05) is 0 Å². The molecule has 1 aliphatic heterocycles. The van der Waals surface area contributed by atoms with Gasteiger partial charge in [0.15, 0.2) is 17.3 Å². The van der Waals surface area contributed by atoms with Crippen LogP contribution in [0.3, 0.4) is 0 Å². The van der Waals surface area contributed by atoms with E-state index in [1.165, 1.54) is 32.5 Å². The van der Waals surface area contributed by atoms with Gasteiger partial charge in [-0.15, -0.1) is 0 Å². The maximum Gasteiger partial charge on any atom is 0.227 e. The van der Waals surface area contributed by atoms with Crippen molar-refractivity contribution < 1.29 is 23.4 Å². The lowest BCUT2D eigenvalue weighted by atomic mass is 9.92.